The van der Waals surface area contributed by atoms with Crippen molar-refractivity contribution in [2.75, 3.05) is 0 Å². The second-order valence-corrected chi connectivity index (χ2v) is 6.63. The molecule has 1 aromatic carbocycles. The van der Waals surface area contributed by atoms with E-state index in [-0.39, 0.29) is 5.41 Å². The molecule has 18 heavy (non-hydrogen) atoms. The first-order valence-corrected chi connectivity index (χ1v) is 7.10. The van der Waals surface area contributed by atoms with Crippen LogP contribution in [0.4, 0.5) is 0 Å². The third-order valence-corrected chi connectivity index (χ3v) is 4.15. The number of hydrogen-bond donors (Lipinski definition) is 1. The molecule has 0 saturated carbocycles. The van der Waals surface area contributed by atoms with E-state index >= 15 is 0 Å². The molecule has 92 valence electrons. The molecule has 0 bridgehead atoms. The average molecular weight is 255 g/mol. The fourth-order valence-corrected chi connectivity index (χ4v) is 2.96. The highest BCUT2D eigenvalue weighted by molar-refractivity contribution is 7.13. The summed E-state index contributed by atoms with van der Waals surface area (Å²) in [5.41, 5.74) is 4.01. The summed E-state index contributed by atoms with van der Waals surface area (Å²) in [4.78, 5) is 4.92. The Labute approximate surface area is 111 Å². The average Bonchev–Trinajstić information content (AvgIpc) is 2.96. The SMILES string of the molecule is CC(C)(C)c1cc2cccc(-c3cccs3)c2[nH]1. The van der Waals surface area contributed by atoms with Gasteiger partial charge < -0.3 is 4.98 Å². The van der Waals surface area contributed by atoms with E-state index in [1.807, 2.05) is 0 Å². The predicted molar refractivity (Wildman–Crippen MR) is 80.3 cm³/mol. The van der Waals surface area contributed by atoms with E-state index in [9.17, 15) is 0 Å². The molecular weight excluding hydrogens is 238 g/mol. The smallest absolute Gasteiger partial charge is 0.0544 e. The Kier molecular flexibility index (Phi) is 2.56. The molecule has 2 heteroatoms. The Hall–Kier alpha value is -1.54. The summed E-state index contributed by atoms with van der Waals surface area (Å²) in [6, 6.07) is 13.1. The molecule has 0 radical (unpaired) electrons. The van der Waals surface area contributed by atoms with Gasteiger partial charge >= 0.3 is 0 Å². The first kappa shape index (κ1) is 11.5. The Morgan fingerprint density at radius 3 is 2.56 bits per heavy atom. The van der Waals surface area contributed by atoms with Gasteiger partial charge in [-0.1, -0.05) is 45.0 Å². The molecule has 0 aliphatic carbocycles. The number of aromatic amines is 1. The molecule has 3 rings (SSSR count). The van der Waals surface area contributed by atoms with Gasteiger partial charge in [-0.3, -0.25) is 0 Å². The van der Waals surface area contributed by atoms with Crippen LogP contribution in [0.5, 0.6) is 0 Å². The number of para-hydroxylation sites is 1. The lowest BCUT2D eigenvalue weighted by Gasteiger charge is -2.15. The normalized spacial score (nSPS) is 12.2. The lowest BCUT2D eigenvalue weighted by Crippen LogP contribution is -2.10. The first-order chi connectivity index (χ1) is 8.55. The van der Waals surface area contributed by atoms with Crippen molar-refractivity contribution in [3.05, 3.63) is 47.5 Å². The van der Waals surface area contributed by atoms with E-state index in [0.29, 0.717) is 0 Å². The lowest BCUT2D eigenvalue weighted by atomic mass is 9.92. The molecule has 0 unspecified atom stereocenters. The predicted octanol–water partition coefficient (Wildman–Crippen LogP) is 5.19. The molecule has 2 heterocycles. The molecular formula is C16H17NS. The minimum absolute atomic E-state index is 0.158. The maximum atomic E-state index is 3.60. The van der Waals surface area contributed by atoms with Gasteiger partial charge in [-0.2, -0.15) is 0 Å². The van der Waals surface area contributed by atoms with Crippen molar-refractivity contribution in [1.29, 1.82) is 0 Å². The maximum Gasteiger partial charge on any atom is 0.0544 e. The minimum Gasteiger partial charge on any atom is -0.357 e. The van der Waals surface area contributed by atoms with Gasteiger partial charge in [0.2, 0.25) is 0 Å². The highest BCUT2D eigenvalue weighted by atomic mass is 32.1. The fourth-order valence-electron chi connectivity index (χ4n) is 2.20. The minimum atomic E-state index is 0.158. The summed E-state index contributed by atoms with van der Waals surface area (Å²) in [5, 5.41) is 3.42. The molecule has 0 aliphatic heterocycles. The van der Waals surface area contributed by atoms with Gasteiger partial charge in [0.25, 0.3) is 0 Å². The molecule has 0 amide bonds. The Morgan fingerprint density at radius 2 is 1.89 bits per heavy atom. The molecule has 0 aliphatic rings. The molecule has 0 spiro atoms. The van der Waals surface area contributed by atoms with E-state index in [1.54, 1.807) is 11.3 Å². The Morgan fingerprint density at radius 1 is 1.06 bits per heavy atom. The van der Waals surface area contributed by atoms with Gasteiger partial charge in [-0.05, 0) is 17.5 Å². The summed E-state index contributed by atoms with van der Waals surface area (Å²) in [6.45, 7) is 6.72. The number of nitrogens with one attached hydrogen (secondary N) is 1. The van der Waals surface area contributed by atoms with Crippen LogP contribution in [0.15, 0.2) is 41.8 Å². The van der Waals surface area contributed by atoms with Gasteiger partial charge in [0.1, 0.15) is 0 Å². The van der Waals surface area contributed by atoms with Gasteiger partial charge in [-0.25, -0.2) is 0 Å². The number of thiophene rings is 1. The second-order valence-electron chi connectivity index (χ2n) is 5.68. The van der Waals surface area contributed by atoms with Crippen molar-refractivity contribution in [2.24, 2.45) is 0 Å². The summed E-state index contributed by atoms with van der Waals surface area (Å²) in [6.07, 6.45) is 0. The van der Waals surface area contributed by atoms with Crippen LogP contribution < -0.4 is 0 Å². The van der Waals surface area contributed by atoms with Gasteiger partial charge in [0.15, 0.2) is 0 Å². The van der Waals surface area contributed by atoms with E-state index < -0.39 is 0 Å². The van der Waals surface area contributed by atoms with Crippen molar-refractivity contribution in [3.8, 4) is 10.4 Å². The van der Waals surface area contributed by atoms with Crippen LogP contribution in [0.3, 0.4) is 0 Å². The number of H-pyrrole nitrogens is 1. The van der Waals surface area contributed by atoms with Crippen LogP contribution in [0.25, 0.3) is 21.3 Å². The standard InChI is InChI=1S/C16H17NS/c1-16(2,3)14-10-11-6-4-7-12(15(11)17-14)13-8-5-9-18-13/h4-10,17H,1-3H3. The molecule has 1 nitrogen and oxygen atoms in total. The molecule has 2 aromatic heterocycles. The monoisotopic (exact) mass is 255 g/mol. The van der Waals surface area contributed by atoms with Crippen LogP contribution in [0.1, 0.15) is 26.5 Å². The number of hydrogen-bond acceptors (Lipinski definition) is 1. The number of aromatic nitrogens is 1. The van der Waals surface area contributed by atoms with Crippen LogP contribution in [-0.2, 0) is 5.41 Å². The molecule has 0 atom stereocenters. The van der Waals surface area contributed by atoms with Gasteiger partial charge in [0, 0.05) is 26.9 Å². The lowest BCUT2D eigenvalue weighted by molar-refractivity contribution is 0.574. The largest absolute Gasteiger partial charge is 0.357 e. The van der Waals surface area contributed by atoms with Crippen molar-refractivity contribution >= 4 is 22.2 Å². The summed E-state index contributed by atoms with van der Waals surface area (Å²) in [7, 11) is 0. The Balaban J connectivity index is 2.25. The number of benzene rings is 1. The Bertz CT molecular complexity index is 669. The summed E-state index contributed by atoms with van der Waals surface area (Å²) >= 11 is 1.79. The summed E-state index contributed by atoms with van der Waals surface area (Å²) < 4.78 is 0. The zero-order valence-electron chi connectivity index (χ0n) is 10.9. The topological polar surface area (TPSA) is 15.8 Å². The number of fused-ring (bicyclic) bond motifs is 1. The van der Waals surface area contributed by atoms with E-state index in [4.69, 9.17) is 0 Å². The second kappa shape index (κ2) is 3.99. The van der Waals surface area contributed by atoms with Gasteiger partial charge in [-0.15, -0.1) is 11.3 Å². The van der Waals surface area contributed by atoms with Crippen molar-refractivity contribution in [1.82, 2.24) is 4.98 Å². The third-order valence-electron chi connectivity index (χ3n) is 3.25. The van der Waals surface area contributed by atoms with Crippen molar-refractivity contribution < 1.29 is 0 Å². The fraction of sp³-hybridized carbons (Fsp3) is 0.250. The molecule has 1 N–H and O–H groups in total. The van der Waals surface area contributed by atoms with Crippen LogP contribution >= 0.6 is 11.3 Å². The van der Waals surface area contributed by atoms with E-state index in [2.05, 4.69) is 67.5 Å². The quantitative estimate of drug-likeness (QED) is 0.615. The molecule has 0 saturated heterocycles. The zero-order valence-corrected chi connectivity index (χ0v) is 11.8. The highest BCUT2D eigenvalue weighted by Gasteiger charge is 2.17. The van der Waals surface area contributed by atoms with Crippen LogP contribution in [-0.4, -0.2) is 4.98 Å². The van der Waals surface area contributed by atoms with E-state index in [0.717, 1.165) is 0 Å². The van der Waals surface area contributed by atoms with Crippen molar-refractivity contribution in [2.45, 2.75) is 26.2 Å². The first-order valence-electron chi connectivity index (χ1n) is 6.22. The highest BCUT2D eigenvalue weighted by Crippen LogP contribution is 2.34. The molecule has 3 aromatic rings. The van der Waals surface area contributed by atoms with E-state index in [1.165, 1.54) is 27.0 Å². The van der Waals surface area contributed by atoms with Crippen LogP contribution in [0.2, 0.25) is 0 Å². The summed E-state index contributed by atoms with van der Waals surface area (Å²) in [5.74, 6) is 0. The zero-order chi connectivity index (χ0) is 12.8. The van der Waals surface area contributed by atoms with Crippen LogP contribution in [0, 0.1) is 0 Å². The third kappa shape index (κ3) is 1.87. The van der Waals surface area contributed by atoms with Crippen molar-refractivity contribution in [3.63, 3.8) is 0 Å². The van der Waals surface area contributed by atoms with Gasteiger partial charge in [0.05, 0.1) is 5.52 Å². The molecule has 0 fully saturated rings. The number of rotatable bonds is 1. The maximum absolute atomic E-state index is 3.60.